The minimum Gasteiger partial charge on any atom is -0.377 e. The first kappa shape index (κ1) is 18.2. The number of nitro benzene ring substituents is 1. The summed E-state index contributed by atoms with van der Waals surface area (Å²) >= 11 is 0. The molecule has 0 unspecified atom stereocenters. The number of nitrogens with one attached hydrogen (secondary N) is 1. The van der Waals surface area contributed by atoms with E-state index in [2.05, 4.69) is 22.3 Å². The minimum absolute atomic E-state index is 0.0588. The number of nitrogens with zero attached hydrogens (tertiary/aromatic N) is 2. The highest BCUT2D eigenvalue weighted by atomic mass is 32.2. The van der Waals surface area contributed by atoms with Gasteiger partial charge < -0.3 is 10.2 Å². The second-order valence-corrected chi connectivity index (χ2v) is 8.41. The van der Waals surface area contributed by atoms with Crippen molar-refractivity contribution in [3.63, 3.8) is 0 Å². The summed E-state index contributed by atoms with van der Waals surface area (Å²) in [5.74, 6) is 0. The molecule has 1 aliphatic heterocycles. The molecule has 2 aromatic rings. The van der Waals surface area contributed by atoms with Gasteiger partial charge >= 0.3 is 5.69 Å². The molecular weight excluding hydrogens is 354 g/mol. The van der Waals surface area contributed by atoms with Crippen LogP contribution in [-0.2, 0) is 9.84 Å². The molecule has 0 radical (unpaired) electrons. The second kappa shape index (κ2) is 7.33. The quantitative estimate of drug-likeness (QED) is 0.638. The largest absolute Gasteiger partial charge is 0.377 e. The van der Waals surface area contributed by atoms with Gasteiger partial charge in [-0.25, -0.2) is 8.42 Å². The van der Waals surface area contributed by atoms with E-state index in [-0.39, 0.29) is 22.3 Å². The molecule has 7 nitrogen and oxygen atoms in total. The number of hydrogen-bond acceptors (Lipinski definition) is 6. The van der Waals surface area contributed by atoms with Crippen LogP contribution in [0.4, 0.5) is 17.1 Å². The number of nitro groups is 1. The Morgan fingerprint density at radius 2 is 1.73 bits per heavy atom. The highest BCUT2D eigenvalue weighted by Crippen LogP contribution is 2.33. The molecule has 0 spiro atoms. The van der Waals surface area contributed by atoms with Gasteiger partial charge in [-0.05, 0) is 37.1 Å². The molecule has 1 N–H and O–H groups in total. The zero-order valence-corrected chi connectivity index (χ0v) is 15.3. The molecule has 0 bridgehead atoms. The molecular formula is C18H21N3O4S. The summed E-state index contributed by atoms with van der Waals surface area (Å²) in [5, 5.41) is 14.6. The predicted octanol–water partition coefficient (Wildman–Crippen LogP) is 3.08. The SMILES string of the molecule is CS(=O)(=O)c1cccc(NC2CCN(c3ccccc3)CC2)c1[N+](=O)[O-]. The van der Waals surface area contributed by atoms with E-state index < -0.39 is 14.8 Å². The first-order chi connectivity index (χ1) is 12.4. The van der Waals surface area contributed by atoms with Crippen LogP contribution in [0.3, 0.4) is 0 Å². The van der Waals surface area contributed by atoms with Gasteiger partial charge in [-0.15, -0.1) is 0 Å². The summed E-state index contributed by atoms with van der Waals surface area (Å²) in [5.41, 5.74) is 1.05. The maximum atomic E-state index is 11.9. The van der Waals surface area contributed by atoms with Crippen molar-refractivity contribution in [3.05, 3.63) is 58.6 Å². The Morgan fingerprint density at radius 3 is 2.31 bits per heavy atom. The third-order valence-corrected chi connectivity index (χ3v) is 5.69. The van der Waals surface area contributed by atoms with Gasteiger partial charge in [-0.2, -0.15) is 0 Å². The van der Waals surface area contributed by atoms with E-state index in [1.807, 2.05) is 18.2 Å². The second-order valence-electron chi connectivity index (χ2n) is 6.42. The molecule has 1 saturated heterocycles. The van der Waals surface area contributed by atoms with E-state index in [0.29, 0.717) is 0 Å². The molecule has 0 saturated carbocycles. The normalized spacial score (nSPS) is 15.7. The number of para-hydroxylation sites is 2. The molecule has 138 valence electrons. The summed E-state index contributed by atoms with van der Waals surface area (Å²) in [6, 6.07) is 14.5. The van der Waals surface area contributed by atoms with Gasteiger partial charge in [0.1, 0.15) is 10.6 Å². The number of benzene rings is 2. The monoisotopic (exact) mass is 375 g/mol. The van der Waals surface area contributed by atoms with Crippen molar-refractivity contribution in [3.8, 4) is 0 Å². The van der Waals surface area contributed by atoms with Crippen LogP contribution in [0, 0.1) is 10.1 Å². The van der Waals surface area contributed by atoms with Crippen molar-refractivity contribution in [2.24, 2.45) is 0 Å². The lowest BCUT2D eigenvalue weighted by atomic mass is 10.0. The van der Waals surface area contributed by atoms with Gasteiger partial charge in [0.05, 0.1) is 4.92 Å². The van der Waals surface area contributed by atoms with Crippen molar-refractivity contribution in [1.82, 2.24) is 0 Å². The van der Waals surface area contributed by atoms with Gasteiger partial charge in [0.2, 0.25) is 0 Å². The Balaban J connectivity index is 1.75. The molecule has 0 aliphatic carbocycles. The van der Waals surface area contributed by atoms with Crippen LogP contribution >= 0.6 is 0 Å². The number of rotatable bonds is 5. The van der Waals surface area contributed by atoms with Crippen molar-refractivity contribution >= 4 is 26.9 Å². The molecule has 3 rings (SSSR count). The average molecular weight is 375 g/mol. The number of sulfone groups is 1. The lowest BCUT2D eigenvalue weighted by molar-refractivity contribution is -0.386. The Morgan fingerprint density at radius 1 is 1.08 bits per heavy atom. The summed E-state index contributed by atoms with van der Waals surface area (Å²) in [6.45, 7) is 1.67. The van der Waals surface area contributed by atoms with E-state index in [1.165, 1.54) is 12.1 Å². The maximum Gasteiger partial charge on any atom is 0.310 e. The fourth-order valence-corrected chi connectivity index (χ4v) is 4.13. The predicted molar refractivity (Wildman–Crippen MR) is 102 cm³/mol. The molecule has 2 aromatic carbocycles. The number of hydrogen-bond donors (Lipinski definition) is 1. The van der Waals surface area contributed by atoms with Crippen LogP contribution < -0.4 is 10.2 Å². The number of anilines is 2. The van der Waals surface area contributed by atoms with E-state index in [0.717, 1.165) is 37.9 Å². The first-order valence-electron chi connectivity index (χ1n) is 8.40. The fourth-order valence-electron chi connectivity index (χ4n) is 3.27. The van der Waals surface area contributed by atoms with Crippen LogP contribution in [0.1, 0.15) is 12.8 Å². The van der Waals surface area contributed by atoms with Gasteiger partial charge in [0.25, 0.3) is 0 Å². The van der Waals surface area contributed by atoms with Crippen LogP contribution in [0.15, 0.2) is 53.4 Å². The number of piperidine rings is 1. The minimum atomic E-state index is -3.68. The van der Waals surface area contributed by atoms with Gasteiger partial charge in [0.15, 0.2) is 9.84 Å². The van der Waals surface area contributed by atoms with Gasteiger partial charge in [-0.1, -0.05) is 24.3 Å². The Kier molecular flexibility index (Phi) is 5.13. The lowest BCUT2D eigenvalue weighted by Crippen LogP contribution is -2.39. The van der Waals surface area contributed by atoms with Crippen molar-refractivity contribution < 1.29 is 13.3 Å². The lowest BCUT2D eigenvalue weighted by Gasteiger charge is -2.34. The van der Waals surface area contributed by atoms with Crippen LogP contribution in [0.25, 0.3) is 0 Å². The van der Waals surface area contributed by atoms with Crippen molar-refractivity contribution in [1.29, 1.82) is 0 Å². The van der Waals surface area contributed by atoms with Crippen molar-refractivity contribution in [2.75, 3.05) is 29.6 Å². The molecule has 0 aromatic heterocycles. The first-order valence-corrected chi connectivity index (χ1v) is 10.3. The smallest absolute Gasteiger partial charge is 0.310 e. The Bertz CT molecular complexity index is 892. The third-order valence-electron chi connectivity index (χ3n) is 4.56. The molecule has 26 heavy (non-hydrogen) atoms. The molecule has 0 amide bonds. The molecule has 0 atom stereocenters. The summed E-state index contributed by atoms with van der Waals surface area (Å²) < 4.78 is 23.7. The summed E-state index contributed by atoms with van der Waals surface area (Å²) in [4.78, 5) is 12.9. The maximum absolute atomic E-state index is 11.9. The van der Waals surface area contributed by atoms with E-state index in [9.17, 15) is 18.5 Å². The Hall–Kier alpha value is -2.61. The third kappa shape index (κ3) is 3.96. The zero-order valence-electron chi connectivity index (χ0n) is 14.5. The van der Waals surface area contributed by atoms with Crippen LogP contribution in [0.2, 0.25) is 0 Å². The van der Waals surface area contributed by atoms with E-state index >= 15 is 0 Å². The van der Waals surface area contributed by atoms with Gasteiger partial charge in [0, 0.05) is 31.1 Å². The standard InChI is InChI=1S/C18H21N3O4S/c1-26(24,25)17-9-5-8-16(18(17)21(22)23)19-14-10-12-20(13-11-14)15-6-3-2-4-7-15/h2-9,14,19H,10-13H2,1H3. The molecule has 1 fully saturated rings. The highest BCUT2D eigenvalue weighted by molar-refractivity contribution is 7.90. The topological polar surface area (TPSA) is 92.6 Å². The van der Waals surface area contributed by atoms with Crippen LogP contribution in [0.5, 0.6) is 0 Å². The summed E-state index contributed by atoms with van der Waals surface area (Å²) in [6.07, 6.45) is 2.61. The van der Waals surface area contributed by atoms with E-state index in [1.54, 1.807) is 6.07 Å². The van der Waals surface area contributed by atoms with Crippen LogP contribution in [-0.4, -0.2) is 38.7 Å². The molecule has 1 heterocycles. The van der Waals surface area contributed by atoms with Crippen molar-refractivity contribution in [2.45, 2.75) is 23.8 Å². The average Bonchev–Trinajstić information content (AvgIpc) is 2.62. The highest BCUT2D eigenvalue weighted by Gasteiger charge is 2.28. The molecule has 1 aliphatic rings. The summed E-state index contributed by atoms with van der Waals surface area (Å²) in [7, 11) is -3.68. The van der Waals surface area contributed by atoms with E-state index in [4.69, 9.17) is 0 Å². The fraction of sp³-hybridized carbons (Fsp3) is 0.333. The molecule has 8 heteroatoms. The Labute approximate surface area is 152 Å². The van der Waals surface area contributed by atoms with Gasteiger partial charge in [-0.3, -0.25) is 10.1 Å². The zero-order chi connectivity index (χ0) is 18.7.